The van der Waals surface area contributed by atoms with Crippen molar-refractivity contribution in [3.8, 4) is 5.75 Å². The molecule has 122 valence electrons. The number of benzene rings is 2. The second-order valence-corrected chi connectivity index (χ2v) is 6.65. The SMILES string of the molecule is Cc1cccc([N+](=O)[O-])c1NS(=O)(=O)CCOc1ccccc1. The van der Waals surface area contributed by atoms with Gasteiger partial charge in [-0.25, -0.2) is 8.42 Å². The Balaban J connectivity index is 2.06. The van der Waals surface area contributed by atoms with Gasteiger partial charge in [-0.15, -0.1) is 0 Å². The Bertz CT molecular complexity index is 791. The lowest BCUT2D eigenvalue weighted by Crippen LogP contribution is -2.22. The Hall–Kier alpha value is -2.61. The summed E-state index contributed by atoms with van der Waals surface area (Å²) in [4.78, 5) is 10.4. The smallest absolute Gasteiger partial charge is 0.293 e. The molecule has 0 unspecified atom stereocenters. The van der Waals surface area contributed by atoms with E-state index in [4.69, 9.17) is 4.74 Å². The molecule has 0 spiro atoms. The summed E-state index contributed by atoms with van der Waals surface area (Å²) in [6.07, 6.45) is 0. The summed E-state index contributed by atoms with van der Waals surface area (Å²) in [5.74, 6) is 0.248. The minimum absolute atomic E-state index is 0.0165. The molecule has 0 radical (unpaired) electrons. The average Bonchev–Trinajstić information content (AvgIpc) is 2.50. The third-order valence-corrected chi connectivity index (χ3v) is 4.29. The Morgan fingerprint density at radius 3 is 2.48 bits per heavy atom. The first-order chi connectivity index (χ1) is 10.9. The van der Waals surface area contributed by atoms with Crippen molar-refractivity contribution in [2.45, 2.75) is 6.92 Å². The van der Waals surface area contributed by atoms with Crippen LogP contribution < -0.4 is 9.46 Å². The summed E-state index contributed by atoms with van der Waals surface area (Å²) in [6, 6.07) is 13.2. The number of para-hydroxylation sites is 2. The highest BCUT2D eigenvalue weighted by Gasteiger charge is 2.20. The van der Waals surface area contributed by atoms with Gasteiger partial charge in [0, 0.05) is 6.07 Å². The van der Waals surface area contributed by atoms with Crippen LogP contribution >= 0.6 is 0 Å². The van der Waals surface area contributed by atoms with E-state index in [1.165, 1.54) is 12.1 Å². The number of nitrogens with one attached hydrogen (secondary N) is 1. The second kappa shape index (κ2) is 7.10. The molecule has 23 heavy (non-hydrogen) atoms. The van der Waals surface area contributed by atoms with Gasteiger partial charge in [-0.2, -0.15) is 0 Å². The van der Waals surface area contributed by atoms with E-state index in [9.17, 15) is 18.5 Å². The van der Waals surface area contributed by atoms with Gasteiger partial charge >= 0.3 is 0 Å². The molecule has 0 aromatic heterocycles. The number of hydrogen-bond acceptors (Lipinski definition) is 5. The zero-order chi connectivity index (χ0) is 16.9. The number of hydrogen-bond donors (Lipinski definition) is 1. The first-order valence-electron chi connectivity index (χ1n) is 6.81. The van der Waals surface area contributed by atoms with Gasteiger partial charge in [0.2, 0.25) is 10.0 Å². The van der Waals surface area contributed by atoms with Gasteiger partial charge in [0.05, 0.1) is 4.92 Å². The van der Waals surface area contributed by atoms with Crippen LogP contribution in [-0.2, 0) is 10.0 Å². The summed E-state index contributed by atoms with van der Waals surface area (Å²) in [7, 11) is -3.76. The largest absolute Gasteiger partial charge is 0.492 e. The maximum atomic E-state index is 12.1. The number of ether oxygens (including phenoxy) is 1. The molecule has 2 aromatic rings. The van der Waals surface area contributed by atoms with Crippen molar-refractivity contribution in [3.05, 3.63) is 64.2 Å². The van der Waals surface area contributed by atoms with Crippen LogP contribution in [0, 0.1) is 17.0 Å². The molecule has 1 N–H and O–H groups in total. The Morgan fingerprint density at radius 1 is 1.13 bits per heavy atom. The Morgan fingerprint density at radius 2 is 1.83 bits per heavy atom. The van der Waals surface area contributed by atoms with Crippen LogP contribution in [-0.4, -0.2) is 25.7 Å². The van der Waals surface area contributed by atoms with Crippen LogP contribution in [0.5, 0.6) is 5.75 Å². The van der Waals surface area contributed by atoms with Crippen molar-refractivity contribution >= 4 is 21.4 Å². The first-order valence-corrected chi connectivity index (χ1v) is 8.46. The van der Waals surface area contributed by atoms with Crippen molar-refractivity contribution < 1.29 is 18.1 Å². The number of aryl methyl sites for hydroxylation is 1. The van der Waals surface area contributed by atoms with Crippen LogP contribution in [0.1, 0.15) is 5.56 Å². The number of rotatable bonds is 7. The predicted octanol–water partition coefficient (Wildman–Crippen LogP) is 2.72. The second-order valence-electron chi connectivity index (χ2n) is 4.81. The van der Waals surface area contributed by atoms with Gasteiger partial charge < -0.3 is 4.74 Å². The van der Waals surface area contributed by atoms with E-state index >= 15 is 0 Å². The zero-order valence-electron chi connectivity index (χ0n) is 12.4. The van der Waals surface area contributed by atoms with Gasteiger partial charge in [0.1, 0.15) is 23.8 Å². The molecule has 7 nitrogen and oxygen atoms in total. The van der Waals surface area contributed by atoms with Crippen LogP contribution in [0.4, 0.5) is 11.4 Å². The fourth-order valence-electron chi connectivity index (χ4n) is 1.93. The van der Waals surface area contributed by atoms with E-state index in [-0.39, 0.29) is 23.7 Å². The van der Waals surface area contributed by atoms with Crippen molar-refractivity contribution in [2.75, 3.05) is 17.1 Å². The molecule has 8 heteroatoms. The fourth-order valence-corrected chi connectivity index (χ4v) is 2.91. The molecule has 0 saturated carbocycles. The molecule has 0 amide bonds. The van der Waals surface area contributed by atoms with Gasteiger partial charge in [0.25, 0.3) is 5.69 Å². The predicted molar refractivity (Wildman–Crippen MR) is 87.2 cm³/mol. The normalized spacial score (nSPS) is 11.0. The number of sulfonamides is 1. The van der Waals surface area contributed by atoms with Gasteiger partial charge in [-0.3, -0.25) is 14.8 Å². The molecule has 0 aliphatic heterocycles. The van der Waals surface area contributed by atoms with Crippen molar-refractivity contribution in [1.29, 1.82) is 0 Å². The molecule has 0 fully saturated rings. The highest BCUT2D eigenvalue weighted by Crippen LogP contribution is 2.28. The average molecular weight is 336 g/mol. The van der Waals surface area contributed by atoms with Crippen LogP contribution in [0.3, 0.4) is 0 Å². The Kier molecular flexibility index (Phi) is 5.17. The molecular weight excluding hydrogens is 320 g/mol. The maximum Gasteiger partial charge on any atom is 0.293 e. The minimum atomic E-state index is -3.76. The highest BCUT2D eigenvalue weighted by molar-refractivity contribution is 7.92. The molecule has 0 aliphatic rings. The van der Waals surface area contributed by atoms with E-state index in [0.29, 0.717) is 11.3 Å². The standard InChI is InChI=1S/C15H16N2O5S/c1-12-6-5-9-14(17(18)19)15(12)16-23(20,21)11-10-22-13-7-3-2-4-8-13/h2-9,16H,10-11H2,1H3. The number of nitrogens with zero attached hydrogens (tertiary/aromatic N) is 1. The molecule has 2 aromatic carbocycles. The molecule has 0 heterocycles. The van der Waals surface area contributed by atoms with Crippen molar-refractivity contribution in [2.24, 2.45) is 0 Å². The van der Waals surface area contributed by atoms with Gasteiger partial charge in [-0.05, 0) is 24.6 Å². The first kappa shape index (κ1) is 16.8. The van der Waals surface area contributed by atoms with Gasteiger partial charge in [0.15, 0.2) is 0 Å². The summed E-state index contributed by atoms with van der Waals surface area (Å²) in [6.45, 7) is 1.55. The maximum absolute atomic E-state index is 12.1. The van der Waals surface area contributed by atoms with Gasteiger partial charge in [-0.1, -0.05) is 30.3 Å². The lowest BCUT2D eigenvalue weighted by Gasteiger charge is -2.11. The van der Waals surface area contributed by atoms with Crippen LogP contribution in [0.15, 0.2) is 48.5 Å². The van der Waals surface area contributed by atoms with Crippen molar-refractivity contribution in [1.82, 2.24) is 0 Å². The fraction of sp³-hybridized carbons (Fsp3) is 0.200. The van der Waals surface area contributed by atoms with Crippen LogP contribution in [0.2, 0.25) is 0 Å². The quantitative estimate of drug-likeness (QED) is 0.619. The van der Waals surface area contributed by atoms with E-state index in [0.717, 1.165) is 0 Å². The summed E-state index contributed by atoms with van der Waals surface area (Å²) in [5, 5.41) is 11.0. The van der Waals surface area contributed by atoms with E-state index in [1.807, 2.05) is 6.07 Å². The molecule has 0 bridgehead atoms. The third kappa shape index (κ3) is 4.68. The Labute approximate surface area is 134 Å². The summed E-state index contributed by atoms with van der Waals surface area (Å²) >= 11 is 0. The minimum Gasteiger partial charge on any atom is -0.492 e. The molecular formula is C15H16N2O5S. The van der Waals surface area contributed by atoms with E-state index < -0.39 is 14.9 Å². The number of nitro benzene ring substituents is 1. The molecule has 0 aliphatic carbocycles. The lowest BCUT2D eigenvalue weighted by molar-refractivity contribution is -0.383. The summed E-state index contributed by atoms with van der Waals surface area (Å²) in [5.41, 5.74) is 0.182. The monoisotopic (exact) mass is 336 g/mol. The van der Waals surface area contributed by atoms with Crippen molar-refractivity contribution in [3.63, 3.8) is 0 Å². The molecule has 0 saturated heterocycles. The number of anilines is 1. The third-order valence-electron chi connectivity index (χ3n) is 3.07. The van der Waals surface area contributed by atoms with E-state index in [2.05, 4.69) is 4.72 Å². The molecule has 0 atom stereocenters. The molecule has 2 rings (SSSR count). The summed E-state index contributed by atoms with van der Waals surface area (Å²) < 4.78 is 31.8. The zero-order valence-corrected chi connectivity index (χ0v) is 13.2. The topological polar surface area (TPSA) is 98.5 Å². The highest BCUT2D eigenvalue weighted by atomic mass is 32.2. The lowest BCUT2D eigenvalue weighted by atomic mass is 10.2. The van der Waals surface area contributed by atoms with Crippen LogP contribution in [0.25, 0.3) is 0 Å². The van der Waals surface area contributed by atoms with E-state index in [1.54, 1.807) is 37.3 Å². The number of nitro groups is 1.